The molecule has 106 valence electrons. The molecule has 0 saturated heterocycles. The number of anilines is 1. The summed E-state index contributed by atoms with van der Waals surface area (Å²) in [4.78, 5) is 11.4. The predicted molar refractivity (Wildman–Crippen MR) is 74.1 cm³/mol. The van der Waals surface area contributed by atoms with Gasteiger partial charge in [0.25, 0.3) is 0 Å². The molecule has 20 heavy (non-hydrogen) atoms. The van der Waals surface area contributed by atoms with Crippen LogP contribution in [0.3, 0.4) is 0 Å². The number of hydrogen-bond acceptors (Lipinski definition) is 5. The van der Waals surface area contributed by atoms with E-state index in [-0.39, 0.29) is 0 Å². The van der Waals surface area contributed by atoms with Crippen molar-refractivity contribution in [2.45, 2.75) is 26.8 Å². The highest BCUT2D eigenvalue weighted by atomic mass is 16.4. The summed E-state index contributed by atoms with van der Waals surface area (Å²) in [7, 11) is 0. The molecule has 7 heteroatoms. The van der Waals surface area contributed by atoms with E-state index >= 15 is 0 Å². The van der Waals surface area contributed by atoms with Gasteiger partial charge in [-0.3, -0.25) is 0 Å². The van der Waals surface area contributed by atoms with Crippen molar-refractivity contribution in [2.24, 2.45) is 5.41 Å². The van der Waals surface area contributed by atoms with E-state index in [1.165, 1.54) is 0 Å². The maximum Gasteiger partial charge on any atom is 0.326 e. The van der Waals surface area contributed by atoms with E-state index in [1.807, 2.05) is 39.0 Å². The minimum atomic E-state index is -0.887. The second-order valence-corrected chi connectivity index (χ2v) is 5.60. The maximum atomic E-state index is 11.4. The molecular weight excluding hydrogens is 258 g/mol. The molecule has 0 radical (unpaired) electrons. The van der Waals surface area contributed by atoms with Gasteiger partial charge in [0, 0.05) is 11.3 Å². The Morgan fingerprint density at radius 2 is 2.15 bits per heavy atom. The lowest BCUT2D eigenvalue weighted by molar-refractivity contribution is -0.140. The second-order valence-electron chi connectivity index (χ2n) is 5.60. The van der Waals surface area contributed by atoms with Crippen LogP contribution in [0.1, 0.15) is 20.8 Å². The summed E-state index contributed by atoms with van der Waals surface area (Å²) in [5.74, 6) is -0.418. The molecule has 2 rings (SSSR count). The predicted octanol–water partition coefficient (Wildman–Crippen LogP) is 1.78. The number of benzene rings is 1. The zero-order valence-corrected chi connectivity index (χ0v) is 11.6. The topological polar surface area (TPSA) is 104 Å². The minimum Gasteiger partial charge on any atom is -0.480 e. The van der Waals surface area contributed by atoms with Gasteiger partial charge in [-0.05, 0) is 22.8 Å². The van der Waals surface area contributed by atoms with Crippen molar-refractivity contribution in [3.63, 3.8) is 0 Å². The zero-order valence-electron chi connectivity index (χ0n) is 11.6. The Morgan fingerprint density at radius 1 is 1.40 bits per heavy atom. The van der Waals surface area contributed by atoms with Crippen LogP contribution >= 0.6 is 0 Å². The van der Waals surface area contributed by atoms with Gasteiger partial charge in [0.2, 0.25) is 5.82 Å². The molecule has 0 aliphatic heterocycles. The molecule has 1 atom stereocenters. The van der Waals surface area contributed by atoms with Crippen LogP contribution in [0.15, 0.2) is 24.3 Å². The number of H-pyrrole nitrogens is 1. The molecule has 1 aromatic carbocycles. The van der Waals surface area contributed by atoms with Gasteiger partial charge >= 0.3 is 5.97 Å². The molecule has 0 saturated carbocycles. The highest BCUT2D eigenvalue weighted by molar-refractivity contribution is 5.79. The molecular formula is C13H17N5O2. The summed E-state index contributed by atoms with van der Waals surface area (Å²) in [6, 6.07) is 6.57. The average Bonchev–Trinajstić information content (AvgIpc) is 2.88. The second kappa shape index (κ2) is 5.28. The third kappa shape index (κ3) is 3.11. The number of carbonyl (C=O) groups is 1. The quantitative estimate of drug-likeness (QED) is 0.785. The van der Waals surface area contributed by atoms with Crippen LogP contribution in [-0.2, 0) is 4.79 Å². The van der Waals surface area contributed by atoms with Crippen molar-refractivity contribution in [2.75, 3.05) is 5.32 Å². The third-order valence-electron chi connectivity index (χ3n) is 2.89. The number of carboxylic acids is 1. The Bertz CT molecular complexity index is 589. The summed E-state index contributed by atoms with van der Waals surface area (Å²) in [6.07, 6.45) is 0. The summed E-state index contributed by atoms with van der Waals surface area (Å²) < 4.78 is 0. The Balaban J connectivity index is 2.25. The van der Waals surface area contributed by atoms with Gasteiger partial charge in [-0.1, -0.05) is 32.9 Å². The van der Waals surface area contributed by atoms with E-state index in [0.717, 1.165) is 5.56 Å². The number of nitrogens with one attached hydrogen (secondary N) is 2. The van der Waals surface area contributed by atoms with Crippen molar-refractivity contribution in [3.05, 3.63) is 24.3 Å². The van der Waals surface area contributed by atoms with E-state index in [2.05, 4.69) is 25.9 Å². The fraction of sp³-hybridized carbons (Fsp3) is 0.385. The molecule has 2 aromatic rings. The number of aromatic nitrogens is 4. The molecule has 0 aliphatic carbocycles. The average molecular weight is 275 g/mol. The summed E-state index contributed by atoms with van der Waals surface area (Å²) in [6.45, 7) is 5.63. The number of hydrogen-bond donors (Lipinski definition) is 3. The highest BCUT2D eigenvalue weighted by Crippen LogP contribution is 2.25. The SMILES string of the molecule is CC(C)(C)[C@H](Nc1cccc(-c2nn[nH]n2)c1)C(=O)O. The van der Waals surface area contributed by atoms with E-state index in [0.29, 0.717) is 11.5 Å². The monoisotopic (exact) mass is 275 g/mol. The Hall–Kier alpha value is -2.44. The molecule has 1 heterocycles. The molecule has 3 N–H and O–H groups in total. The molecule has 0 fully saturated rings. The lowest BCUT2D eigenvalue weighted by atomic mass is 9.86. The molecule has 7 nitrogen and oxygen atoms in total. The first-order chi connectivity index (χ1) is 9.38. The largest absolute Gasteiger partial charge is 0.480 e. The van der Waals surface area contributed by atoms with Crippen LogP contribution in [-0.4, -0.2) is 37.7 Å². The molecule has 0 bridgehead atoms. The first-order valence-corrected chi connectivity index (χ1v) is 6.21. The van der Waals surface area contributed by atoms with Crippen molar-refractivity contribution in [3.8, 4) is 11.4 Å². The van der Waals surface area contributed by atoms with Gasteiger partial charge in [0.15, 0.2) is 0 Å². The van der Waals surface area contributed by atoms with Crippen LogP contribution in [0.25, 0.3) is 11.4 Å². The van der Waals surface area contributed by atoms with Gasteiger partial charge in [-0.25, -0.2) is 4.79 Å². The first-order valence-electron chi connectivity index (χ1n) is 6.21. The van der Waals surface area contributed by atoms with Crippen LogP contribution in [0, 0.1) is 5.41 Å². The van der Waals surface area contributed by atoms with Crippen molar-refractivity contribution in [1.82, 2.24) is 20.6 Å². The number of aliphatic carboxylic acids is 1. The Morgan fingerprint density at radius 3 is 2.70 bits per heavy atom. The van der Waals surface area contributed by atoms with Gasteiger partial charge < -0.3 is 10.4 Å². The molecule has 0 aliphatic rings. The van der Waals surface area contributed by atoms with Gasteiger partial charge in [-0.15, -0.1) is 10.2 Å². The molecule has 0 unspecified atom stereocenters. The number of aromatic amines is 1. The van der Waals surface area contributed by atoms with Crippen molar-refractivity contribution in [1.29, 1.82) is 0 Å². The van der Waals surface area contributed by atoms with Crippen LogP contribution < -0.4 is 5.32 Å². The number of rotatable bonds is 4. The molecule has 0 amide bonds. The maximum absolute atomic E-state index is 11.4. The smallest absolute Gasteiger partial charge is 0.326 e. The lowest BCUT2D eigenvalue weighted by Gasteiger charge is -2.28. The standard InChI is InChI=1S/C13H17N5O2/c1-13(2,3)10(12(19)20)14-9-6-4-5-8(7-9)11-15-17-18-16-11/h4-7,10,14H,1-3H3,(H,19,20)(H,15,16,17,18)/t10-/m1/s1. The highest BCUT2D eigenvalue weighted by Gasteiger charge is 2.31. The van der Waals surface area contributed by atoms with Crippen LogP contribution in [0.5, 0.6) is 0 Å². The van der Waals surface area contributed by atoms with Crippen molar-refractivity contribution >= 4 is 11.7 Å². The summed E-state index contributed by atoms with van der Waals surface area (Å²) in [5.41, 5.74) is 1.06. The first kappa shape index (κ1) is 14.0. The number of nitrogens with zero attached hydrogens (tertiary/aromatic N) is 3. The summed E-state index contributed by atoms with van der Waals surface area (Å²) >= 11 is 0. The van der Waals surface area contributed by atoms with Gasteiger partial charge in [-0.2, -0.15) is 5.21 Å². The van der Waals surface area contributed by atoms with Crippen molar-refractivity contribution < 1.29 is 9.90 Å². The fourth-order valence-corrected chi connectivity index (χ4v) is 1.85. The van der Waals surface area contributed by atoms with Gasteiger partial charge in [0.05, 0.1) is 0 Å². The Labute approximate surface area is 116 Å². The zero-order chi connectivity index (χ0) is 14.8. The fourth-order valence-electron chi connectivity index (χ4n) is 1.85. The van der Waals surface area contributed by atoms with E-state index < -0.39 is 17.4 Å². The van der Waals surface area contributed by atoms with E-state index in [4.69, 9.17) is 0 Å². The summed E-state index contributed by atoms with van der Waals surface area (Å²) in [5, 5.41) is 26.0. The van der Waals surface area contributed by atoms with Gasteiger partial charge in [0.1, 0.15) is 6.04 Å². The van der Waals surface area contributed by atoms with E-state index in [1.54, 1.807) is 6.07 Å². The van der Waals surface area contributed by atoms with Crippen LogP contribution in [0.2, 0.25) is 0 Å². The normalized spacial score (nSPS) is 12.9. The molecule has 0 spiro atoms. The third-order valence-corrected chi connectivity index (χ3v) is 2.89. The number of carboxylic acid groups (broad SMARTS) is 1. The van der Waals surface area contributed by atoms with E-state index in [9.17, 15) is 9.90 Å². The Kier molecular flexibility index (Phi) is 3.69. The van der Waals surface area contributed by atoms with Crippen LogP contribution in [0.4, 0.5) is 5.69 Å². The minimum absolute atomic E-state index is 0.409. The number of tetrazole rings is 1. The molecule has 1 aromatic heterocycles. The lowest BCUT2D eigenvalue weighted by Crippen LogP contribution is -2.41.